The van der Waals surface area contributed by atoms with Crippen LogP contribution in [-0.2, 0) is 16.6 Å². The molecule has 1 fully saturated rings. The fourth-order valence-corrected chi connectivity index (χ4v) is 3.05. The minimum Gasteiger partial charge on any atom is -0.296 e. The van der Waals surface area contributed by atoms with E-state index in [1.54, 1.807) is 0 Å². The van der Waals surface area contributed by atoms with E-state index in [1.165, 1.54) is 10.6 Å². The summed E-state index contributed by atoms with van der Waals surface area (Å²) < 4.78 is 24.3. The van der Waals surface area contributed by atoms with Crippen LogP contribution in [0.15, 0.2) is 24.3 Å². The van der Waals surface area contributed by atoms with Crippen LogP contribution < -0.4 is 0 Å². The normalized spacial score (nSPS) is 18.1. The van der Waals surface area contributed by atoms with E-state index in [1.807, 2.05) is 24.3 Å². The molecular weight excluding hydrogens is 262 g/mol. The number of sulfonamides is 1. The summed E-state index contributed by atoms with van der Waals surface area (Å²) in [5, 5.41) is 9.04. The molecule has 0 N–H and O–H groups in total. The molecule has 1 aliphatic rings. The highest BCUT2D eigenvalue weighted by molar-refractivity contribution is 7.88. The number of piperazine rings is 1. The van der Waals surface area contributed by atoms with Crippen molar-refractivity contribution in [1.82, 2.24) is 9.21 Å². The van der Waals surface area contributed by atoms with E-state index in [0.717, 1.165) is 5.56 Å². The van der Waals surface area contributed by atoms with Crippen molar-refractivity contribution in [1.29, 1.82) is 5.26 Å². The maximum atomic E-state index is 11.4. The van der Waals surface area contributed by atoms with E-state index in [9.17, 15) is 8.42 Å². The summed E-state index contributed by atoms with van der Waals surface area (Å²) >= 11 is 0. The van der Waals surface area contributed by atoms with Crippen molar-refractivity contribution in [3.8, 4) is 6.07 Å². The van der Waals surface area contributed by atoms with Gasteiger partial charge in [0.05, 0.1) is 17.9 Å². The van der Waals surface area contributed by atoms with Crippen LogP contribution in [0.2, 0.25) is 0 Å². The summed E-state index contributed by atoms with van der Waals surface area (Å²) in [4.78, 5) is 2.18. The first-order chi connectivity index (χ1) is 9.00. The lowest BCUT2D eigenvalue weighted by atomic mass is 10.1. The Hall–Kier alpha value is -1.42. The highest BCUT2D eigenvalue weighted by Crippen LogP contribution is 2.13. The molecule has 0 aliphatic carbocycles. The molecule has 2 rings (SSSR count). The number of nitrogens with zero attached hydrogens (tertiary/aromatic N) is 3. The largest absolute Gasteiger partial charge is 0.296 e. The number of nitriles is 1. The van der Waals surface area contributed by atoms with Gasteiger partial charge < -0.3 is 0 Å². The molecule has 1 saturated heterocycles. The van der Waals surface area contributed by atoms with Crippen molar-refractivity contribution in [2.24, 2.45) is 0 Å². The van der Waals surface area contributed by atoms with Gasteiger partial charge in [-0.1, -0.05) is 18.2 Å². The Labute approximate surface area is 114 Å². The van der Waals surface area contributed by atoms with E-state index >= 15 is 0 Å². The zero-order chi connectivity index (χ0) is 13.9. The fraction of sp³-hybridized carbons (Fsp3) is 0.462. The second-order valence-corrected chi connectivity index (χ2v) is 6.69. The van der Waals surface area contributed by atoms with Gasteiger partial charge in [0.25, 0.3) is 0 Å². The van der Waals surface area contributed by atoms with Crippen LogP contribution in [0.3, 0.4) is 0 Å². The predicted molar refractivity (Wildman–Crippen MR) is 72.9 cm³/mol. The lowest BCUT2D eigenvalue weighted by Gasteiger charge is -2.33. The Balaban J connectivity index is 1.98. The first-order valence-electron chi connectivity index (χ1n) is 6.16. The number of hydrogen-bond donors (Lipinski definition) is 0. The average molecular weight is 279 g/mol. The molecule has 5 nitrogen and oxygen atoms in total. The number of hydrogen-bond acceptors (Lipinski definition) is 4. The molecule has 1 aromatic carbocycles. The van der Waals surface area contributed by atoms with Crippen molar-refractivity contribution in [3.05, 3.63) is 35.4 Å². The van der Waals surface area contributed by atoms with Crippen molar-refractivity contribution < 1.29 is 8.42 Å². The van der Waals surface area contributed by atoms with Gasteiger partial charge in [0.1, 0.15) is 0 Å². The Bertz CT molecular complexity index is 584. The predicted octanol–water partition coefficient (Wildman–Crippen LogP) is 0.635. The molecule has 1 aliphatic heterocycles. The third-order valence-electron chi connectivity index (χ3n) is 3.33. The first kappa shape index (κ1) is 14.0. The lowest BCUT2D eigenvalue weighted by Crippen LogP contribution is -2.47. The number of benzene rings is 1. The van der Waals surface area contributed by atoms with Gasteiger partial charge in [-0.05, 0) is 11.6 Å². The third-order valence-corrected chi connectivity index (χ3v) is 4.64. The Morgan fingerprint density at radius 3 is 2.42 bits per heavy atom. The zero-order valence-corrected chi connectivity index (χ0v) is 11.7. The maximum Gasteiger partial charge on any atom is 0.211 e. The summed E-state index contributed by atoms with van der Waals surface area (Å²) in [6.07, 6.45) is 1.24. The molecular formula is C13H17N3O2S. The van der Waals surface area contributed by atoms with Crippen LogP contribution in [0.5, 0.6) is 0 Å². The number of rotatable bonds is 3. The smallest absolute Gasteiger partial charge is 0.211 e. The van der Waals surface area contributed by atoms with Crippen molar-refractivity contribution in [2.45, 2.75) is 6.54 Å². The van der Waals surface area contributed by atoms with Crippen LogP contribution >= 0.6 is 0 Å². The molecule has 0 bridgehead atoms. The Kier molecular flexibility index (Phi) is 4.20. The highest BCUT2D eigenvalue weighted by Gasteiger charge is 2.23. The average Bonchev–Trinajstić information content (AvgIpc) is 2.39. The molecule has 1 heterocycles. The minimum atomic E-state index is -3.08. The molecule has 0 saturated carbocycles. The van der Waals surface area contributed by atoms with Gasteiger partial charge in [0, 0.05) is 32.7 Å². The topological polar surface area (TPSA) is 64.4 Å². The summed E-state index contributed by atoms with van der Waals surface area (Å²) in [7, 11) is -3.08. The van der Waals surface area contributed by atoms with E-state index in [4.69, 9.17) is 5.26 Å². The molecule has 19 heavy (non-hydrogen) atoms. The molecule has 102 valence electrons. The third kappa shape index (κ3) is 3.53. The quantitative estimate of drug-likeness (QED) is 0.814. The van der Waals surface area contributed by atoms with E-state index in [-0.39, 0.29) is 0 Å². The molecule has 0 spiro atoms. The van der Waals surface area contributed by atoms with Gasteiger partial charge in [0.15, 0.2) is 0 Å². The van der Waals surface area contributed by atoms with Crippen molar-refractivity contribution >= 4 is 10.0 Å². The second kappa shape index (κ2) is 5.70. The van der Waals surface area contributed by atoms with Gasteiger partial charge in [0.2, 0.25) is 10.0 Å². The minimum absolute atomic E-state index is 0.521. The monoisotopic (exact) mass is 279 g/mol. The Morgan fingerprint density at radius 1 is 1.21 bits per heavy atom. The SMILES string of the molecule is CS(=O)(=O)N1CCN(Cc2ccccc2C#N)CC1. The van der Waals surface area contributed by atoms with Gasteiger partial charge in [-0.25, -0.2) is 8.42 Å². The summed E-state index contributed by atoms with van der Waals surface area (Å²) in [6, 6.07) is 9.71. The molecule has 6 heteroatoms. The molecule has 0 radical (unpaired) electrons. The molecule has 1 aromatic rings. The van der Waals surface area contributed by atoms with E-state index in [2.05, 4.69) is 11.0 Å². The van der Waals surface area contributed by atoms with Crippen LogP contribution in [0, 0.1) is 11.3 Å². The van der Waals surface area contributed by atoms with Gasteiger partial charge >= 0.3 is 0 Å². The highest BCUT2D eigenvalue weighted by atomic mass is 32.2. The van der Waals surface area contributed by atoms with Gasteiger partial charge in [-0.15, -0.1) is 0 Å². The van der Waals surface area contributed by atoms with E-state index in [0.29, 0.717) is 38.3 Å². The van der Waals surface area contributed by atoms with Crippen LogP contribution in [0.4, 0.5) is 0 Å². The van der Waals surface area contributed by atoms with Crippen LogP contribution in [-0.4, -0.2) is 50.1 Å². The maximum absolute atomic E-state index is 11.4. The Morgan fingerprint density at radius 2 is 1.84 bits per heavy atom. The molecule has 0 amide bonds. The summed E-state index contributed by atoms with van der Waals surface area (Å²) in [5.74, 6) is 0. The molecule has 0 aromatic heterocycles. The fourth-order valence-electron chi connectivity index (χ4n) is 2.23. The molecule has 0 atom stereocenters. The molecule has 0 unspecified atom stereocenters. The van der Waals surface area contributed by atoms with Crippen molar-refractivity contribution in [3.63, 3.8) is 0 Å². The van der Waals surface area contributed by atoms with Crippen LogP contribution in [0.25, 0.3) is 0 Å². The first-order valence-corrected chi connectivity index (χ1v) is 8.01. The van der Waals surface area contributed by atoms with E-state index < -0.39 is 10.0 Å². The van der Waals surface area contributed by atoms with Gasteiger partial charge in [-0.3, -0.25) is 4.90 Å². The van der Waals surface area contributed by atoms with Crippen molar-refractivity contribution in [2.75, 3.05) is 32.4 Å². The van der Waals surface area contributed by atoms with Crippen LogP contribution in [0.1, 0.15) is 11.1 Å². The zero-order valence-electron chi connectivity index (χ0n) is 10.9. The standard InChI is InChI=1S/C13H17N3O2S/c1-19(17,18)16-8-6-15(7-9-16)11-13-5-3-2-4-12(13)10-14/h2-5H,6-9,11H2,1H3. The summed E-state index contributed by atoms with van der Waals surface area (Å²) in [6.45, 7) is 3.14. The summed E-state index contributed by atoms with van der Waals surface area (Å²) in [5.41, 5.74) is 1.69. The lowest BCUT2D eigenvalue weighted by molar-refractivity contribution is 0.182. The second-order valence-electron chi connectivity index (χ2n) is 4.71. The van der Waals surface area contributed by atoms with Gasteiger partial charge in [-0.2, -0.15) is 9.57 Å².